The molecule has 1 fully saturated rings. The van der Waals surface area contributed by atoms with E-state index in [0.717, 1.165) is 29.7 Å². The topological polar surface area (TPSA) is 104 Å². The third kappa shape index (κ3) is 3.45. The summed E-state index contributed by atoms with van der Waals surface area (Å²) in [6, 6.07) is 5.45. The molecule has 134 valence electrons. The largest absolute Gasteiger partial charge is 0.385 e. The molecule has 2 heterocycles. The molecule has 1 aromatic carbocycles. The van der Waals surface area contributed by atoms with Crippen LogP contribution in [0.25, 0.3) is 10.9 Å². The molecule has 1 aliphatic heterocycles. The van der Waals surface area contributed by atoms with Crippen molar-refractivity contribution < 1.29 is 14.3 Å². The number of carbonyl (C=O) groups is 2. The number of nitrogens with one attached hydrogen (secondary N) is 2. The normalized spacial score (nSPS) is 15.3. The van der Waals surface area contributed by atoms with Crippen LogP contribution in [0.5, 0.6) is 0 Å². The first-order valence-electron chi connectivity index (χ1n) is 8.21. The highest BCUT2D eigenvalue weighted by molar-refractivity contribution is 6.12. The van der Waals surface area contributed by atoms with Crippen molar-refractivity contribution in [3.8, 4) is 0 Å². The quantitative estimate of drug-likeness (QED) is 0.744. The lowest BCUT2D eigenvalue weighted by molar-refractivity contribution is -0.120. The molecule has 0 atom stereocenters. The second-order valence-corrected chi connectivity index (χ2v) is 6.06. The van der Waals surface area contributed by atoms with Gasteiger partial charge in [-0.05, 0) is 18.2 Å². The van der Waals surface area contributed by atoms with Crippen molar-refractivity contribution in [3.05, 3.63) is 23.8 Å². The van der Waals surface area contributed by atoms with Gasteiger partial charge in [0.2, 0.25) is 5.91 Å². The molecule has 0 spiro atoms. The molecule has 1 aliphatic rings. The second-order valence-electron chi connectivity index (χ2n) is 6.06. The number of nitrogen functional groups attached to an aromatic ring is 1. The van der Waals surface area contributed by atoms with Crippen LogP contribution in [0.4, 0.5) is 11.5 Å². The molecule has 0 bridgehead atoms. The predicted molar refractivity (Wildman–Crippen MR) is 96.8 cm³/mol. The van der Waals surface area contributed by atoms with E-state index in [1.54, 1.807) is 25.1 Å². The number of nitrogens with zero attached hydrogens (tertiary/aromatic N) is 2. The van der Waals surface area contributed by atoms with E-state index in [4.69, 9.17) is 10.5 Å². The molecule has 1 saturated heterocycles. The van der Waals surface area contributed by atoms with Crippen LogP contribution in [0.2, 0.25) is 0 Å². The number of hydrogen-bond donors (Lipinski definition) is 3. The monoisotopic (exact) mass is 345 g/mol. The van der Waals surface area contributed by atoms with Crippen LogP contribution in [-0.4, -0.2) is 68.6 Å². The summed E-state index contributed by atoms with van der Waals surface area (Å²) in [5.74, 6) is 0.0781. The van der Waals surface area contributed by atoms with E-state index in [1.165, 1.54) is 0 Å². The number of aromatic nitrogens is 1. The van der Waals surface area contributed by atoms with E-state index < -0.39 is 0 Å². The average molecular weight is 345 g/mol. The Morgan fingerprint density at radius 1 is 1.36 bits per heavy atom. The molecule has 0 radical (unpaired) electrons. The summed E-state index contributed by atoms with van der Waals surface area (Å²) in [5.41, 5.74) is 7.81. The van der Waals surface area contributed by atoms with Gasteiger partial charge in [0, 0.05) is 43.8 Å². The molecular weight excluding hydrogens is 322 g/mol. The number of fused-ring (bicyclic) bond motifs is 1. The van der Waals surface area contributed by atoms with Crippen molar-refractivity contribution >= 4 is 34.2 Å². The van der Waals surface area contributed by atoms with E-state index in [-0.39, 0.29) is 11.8 Å². The summed E-state index contributed by atoms with van der Waals surface area (Å²) in [6.45, 7) is 3.21. The maximum Gasteiger partial charge on any atom is 0.255 e. The molecule has 0 aliphatic carbocycles. The number of anilines is 2. The number of morpholine rings is 1. The Labute approximate surface area is 145 Å². The number of likely N-dealkylation sites (N-methyl/N-ethyl adjacent to an activating group) is 1. The highest BCUT2D eigenvalue weighted by atomic mass is 16.5. The third-order valence-corrected chi connectivity index (χ3v) is 4.49. The molecule has 2 amide bonds. The van der Waals surface area contributed by atoms with Gasteiger partial charge < -0.3 is 25.7 Å². The number of benzene rings is 1. The Morgan fingerprint density at radius 3 is 2.76 bits per heavy atom. The first-order valence-corrected chi connectivity index (χ1v) is 8.21. The van der Waals surface area contributed by atoms with Gasteiger partial charge >= 0.3 is 0 Å². The van der Waals surface area contributed by atoms with Crippen molar-refractivity contribution in [2.45, 2.75) is 0 Å². The van der Waals surface area contributed by atoms with E-state index in [0.29, 0.717) is 31.1 Å². The predicted octanol–water partition coefficient (Wildman–Crippen LogP) is 0.405. The number of amides is 2. The molecule has 25 heavy (non-hydrogen) atoms. The third-order valence-electron chi connectivity index (χ3n) is 4.49. The first kappa shape index (κ1) is 17.2. The molecule has 1 aromatic heterocycles. The molecular formula is C17H23N5O3. The minimum atomic E-state index is -0.242. The number of rotatable bonds is 4. The van der Waals surface area contributed by atoms with Crippen LogP contribution in [0.3, 0.4) is 0 Å². The average Bonchev–Trinajstić information content (AvgIpc) is 2.96. The van der Waals surface area contributed by atoms with Crippen molar-refractivity contribution in [1.29, 1.82) is 0 Å². The zero-order chi connectivity index (χ0) is 18.0. The number of aromatic amines is 1. The maximum atomic E-state index is 12.5. The van der Waals surface area contributed by atoms with E-state index in [1.807, 2.05) is 12.1 Å². The molecule has 2 aromatic rings. The fourth-order valence-electron chi connectivity index (χ4n) is 2.99. The van der Waals surface area contributed by atoms with Gasteiger partial charge in [-0.15, -0.1) is 0 Å². The van der Waals surface area contributed by atoms with E-state index >= 15 is 0 Å². The Morgan fingerprint density at radius 2 is 2.08 bits per heavy atom. The Balaban J connectivity index is 1.81. The van der Waals surface area contributed by atoms with Crippen molar-refractivity contribution in [2.75, 3.05) is 57.6 Å². The van der Waals surface area contributed by atoms with Crippen molar-refractivity contribution in [3.63, 3.8) is 0 Å². The van der Waals surface area contributed by atoms with Crippen molar-refractivity contribution in [1.82, 2.24) is 15.2 Å². The zero-order valence-electron chi connectivity index (χ0n) is 14.5. The fraction of sp³-hybridized carbons (Fsp3) is 0.412. The van der Waals surface area contributed by atoms with Gasteiger partial charge in [0.1, 0.15) is 5.82 Å². The highest BCUT2D eigenvalue weighted by Gasteiger charge is 2.20. The fourth-order valence-corrected chi connectivity index (χ4v) is 2.99. The van der Waals surface area contributed by atoms with Crippen LogP contribution in [-0.2, 0) is 9.53 Å². The van der Waals surface area contributed by atoms with Gasteiger partial charge in [-0.25, -0.2) is 0 Å². The summed E-state index contributed by atoms with van der Waals surface area (Å²) in [4.78, 5) is 31.2. The minimum Gasteiger partial charge on any atom is -0.385 e. The summed E-state index contributed by atoms with van der Waals surface area (Å²) < 4.78 is 5.30. The van der Waals surface area contributed by atoms with Crippen LogP contribution < -0.4 is 16.0 Å². The van der Waals surface area contributed by atoms with Gasteiger partial charge in [0.15, 0.2) is 0 Å². The van der Waals surface area contributed by atoms with Crippen LogP contribution in [0.15, 0.2) is 18.2 Å². The smallest absolute Gasteiger partial charge is 0.255 e. The molecule has 4 N–H and O–H groups in total. The SMILES string of the molecule is CNC(=O)c1c(N)[nH]c2cc(N(C)C(=O)CN3CCOCC3)ccc12. The second kappa shape index (κ2) is 7.12. The summed E-state index contributed by atoms with van der Waals surface area (Å²) in [6.07, 6.45) is 0. The number of carbonyl (C=O) groups excluding carboxylic acids is 2. The first-order chi connectivity index (χ1) is 12.0. The molecule has 3 rings (SSSR count). The van der Waals surface area contributed by atoms with Gasteiger partial charge in [0.05, 0.1) is 25.3 Å². The van der Waals surface area contributed by atoms with Gasteiger partial charge in [-0.1, -0.05) is 0 Å². The Hall–Kier alpha value is -2.58. The Kier molecular flexibility index (Phi) is 4.91. The van der Waals surface area contributed by atoms with Gasteiger partial charge in [-0.3, -0.25) is 14.5 Å². The summed E-state index contributed by atoms with van der Waals surface area (Å²) in [5, 5.41) is 3.31. The number of H-pyrrole nitrogens is 1. The summed E-state index contributed by atoms with van der Waals surface area (Å²) >= 11 is 0. The molecule has 8 nitrogen and oxygen atoms in total. The van der Waals surface area contributed by atoms with Crippen LogP contribution in [0, 0.1) is 0 Å². The van der Waals surface area contributed by atoms with E-state index in [9.17, 15) is 9.59 Å². The standard InChI is InChI=1S/C17H23N5O3/c1-19-17(24)15-12-4-3-11(9-13(12)20-16(15)18)21(2)14(23)10-22-5-7-25-8-6-22/h3-4,9,20H,5-8,10,18H2,1-2H3,(H,19,24). The van der Waals surface area contributed by atoms with Gasteiger partial charge in [0.25, 0.3) is 5.91 Å². The number of nitrogens with two attached hydrogens (primary N) is 1. The maximum absolute atomic E-state index is 12.5. The van der Waals surface area contributed by atoms with E-state index in [2.05, 4.69) is 15.2 Å². The molecule has 0 unspecified atom stereocenters. The lowest BCUT2D eigenvalue weighted by atomic mass is 10.1. The number of ether oxygens (including phenoxy) is 1. The molecule has 8 heteroatoms. The lowest BCUT2D eigenvalue weighted by Crippen LogP contribution is -2.43. The minimum absolute atomic E-state index is 0.00676. The van der Waals surface area contributed by atoms with Gasteiger partial charge in [-0.2, -0.15) is 0 Å². The lowest BCUT2D eigenvalue weighted by Gasteiger charge is -2.28. The Bertz CT molecular complexity index is 795. The highest BCUT2D eigenvalue weighted by Crippen LogP contribution is 2.28. The van der Waals surface area contributed by atoms with Crippen LogP contribution in [0.1, 0.15) is 10.4 Å². The van der Waals surface area contributed by atoms with Crippen LogP contribution >= 0.6 is 0 Å². The number of hydrogen-bond acceptors (Lipinski definition) is 5. The zero-order valence-corrected chi connectivity index (χ0v) is 14.5. The molecule has 0 saturated carbocycles. The summed E-state index contributed by atoms with van der Waals surface area (Å²) in [7, 11) is 3.31. The van der Waals surface area contributed by atoms with Crippen molar-refractivity contribution in [2.24, 2.45) is 0 Å².